The van der Waals surface area contributed by atoms with E-state index in [1.54, 1.807) is 18.2 Å². The summed E-state index contributed by atoms with van der Waals surface area (Å²) < 4.78 is 37.0. The van der Waals surface area contributed by atoms with Crippen LogP contribution in [0.25, 0.3) is 0 Å². The molecule has 1 heterocycles. The fourth-order valence-electron chi connectivity index (χ4n) is 1.99. The molecule has 0 bridgehead atoms. The largest absolute Gasteiger partial charge is 0.495 e. The molecular formula is C13H18ClN3O5S. The summed E-state index contributed by atoms with van der Waals surface area (Å²) in [6.07, 6.45) is -1.14. The topological polar surface area (TPSA) is 88.2 Å². The molecule has 1 atom stereocenters. The van der Waals surface area contributed by atoms with Crippen molar-refractivity contribution in [3.63, 3.8) is 0 Å². The maximum absolute atomic E-state index is 12.0. The quantitative estimate of drug-likeness (QED) is 0.816. The molecule has 1 unspecified atom stereocenters. The lowest BCUT2D eigenvalue weighted by Crippen LogP contribution is -2.40. The predicted molar refractivity (Wildman–Crippen MR) is 86.2 cm³/mol. The molecule has 8 nitrogen and oxygen atoms in total. The van der Waals surface area contributed by atoms with E-state index < -0.39 is 22.4 Å². The molecule has 1 aliphatic rings. The molecule has 1 fully saturated rings. The van der Waals surface area contributed by atoms with Crippen LogP contribution in [0.3, 0.4) is 0 Å². The maximum Gasteiger partial charge on any atom is 0.414 e. The Balaban J connectivity index is 2.04. The number of anilines is 1. The maximum atomic E-state index is 12.0. The van der Waals surface area contributed by atoms with Gasteiger partial charge in [-0.25, -0.2) is 4.79 Å². The Kier molecular flexibility index (Phi) is 5.35. The van der Waals surface area contributed by atoms with Gasteiger partial charge in [0, 0.05) is 19.8 Å². The van der Waals surface area contributed by atoms with E-state index in [1.807, 2.05) is 0 Å². The third kappa shape index (κ3) is 4.05. The number of methoxy groups -OCH3 is 1. The number of hydrogen-bond acceptors (Lipinski definition) is 5. The molecule has 1 aromatic rings. The van der Waals surface area contributed by atoms with Gasteiger partial charge in [-0.05, 0) is 18.2 Å². The van der Waals surface area contributed by atoms with Gasteiger partial charge in [-0.15, -0.1) is 0 Å². The second-order valence-corrected chi connectivity index (χ2v) is 7.45. The Morgan fingerprint density at radius 1 is 1.48 bits per heavy atom. The molecule has 128 valence electrons. The van der Waals surface area contributed by atoms with Crippen LogP contribution < -0.4 is 14.4 Å². The van der Waals surface area contributed by atoms with Crippen LogP contribution in [0.5, 0.6) is 5.75 Å². The van der Waals surface area contributed by atoms with E-state index in [-0.39, 0.29) is 13.1 Å². The molecule has 0 aromatic heterocycles. The van der Waals surface area contributed by atoms with Crippen molar-refractivity contribution in [2.45, 2.75) is 6.10 Å². The molecule has 1 aromatic carbocycles. The van der Waals surface area contributed by atoms with E-state index in [2.05, 4.69) is 4.72 Å². The number of cyclic esters (lactones) is 1. The summed E-state index contributed by atoms with van der Waals surface area (Å²) in [5.41, 5.74) is 0.554. The van der Waals surface area contributed by atoms with Crippen molar-refractivity contribution >= 4 is 33.6 Å². The standard InChI is InChI=1S/C13H18ClN3O5S/c1-16(2)23(19,20)15-7-10-8-17(13(18)22-10)9-4-5-12(21-3)11(14)6-9/h4-6,10,15H,7-8H2,1-3H3. The average Bonchev–Trinajstić information content (AvgIpc) is 2.86. The zero-order chi connectivity index (χ0) is 17.2. The minimum atomic E-state index is -3.57. The van der Waals surface area contributed by atoms with Crippen molar-refractivity contribution in [2.24, 2.45) is 0 Å². The number of benzene rings is 1. The summed E-state index contributed by atoms with van der Waals surface area (Å²) in [5.74, 6) is 0.498. The van der Waals surface area contributed by atoms with Gasteiger partial charge in [0.1, 0.15) is 11.9 Å². The third-order valence-corrected chi connectivity index (χ3v) is 5.08. The number of halogens is 1. The third-order valence-electron chi connectivity index (χ3n) is 3.30. The number of nitrogens with zero attached hydrogens (tertiary/aromatic N) is 2. The molecule has 1 amide bonds. The Hall–Kier alpha value is -1.55. The van der Waals surface area contributed by atoms with Crippen molar-refractivity contribution in [3.05, 3.63) is 23.2 Å². The van der Waals surface area contributed by atoms with Gasteiger partial charge in [0.05, 0.1) is 25.2 Å². The zero-order valence-corrected chi connectivity index (χ0v) is 14.5. The normalized spacial score (nSPS) is 18.4. The van der Waals surface area contributed by atoms with Crippen molar-refractivity contribution < 1.29 is 22.7 Å². The molecule has 10 heteroatoms. The van der Waals surface area contributed by atoms with E-state index in [0.29, 0.717) is 16.5 Å². The van der Waals surface area contributed by atoms with Crippen molar-refractivity contribution in [3.8, 4) is 5.75 Å². The summed E-state index contributed by atoms with van der Waals surface area (Å²) in [7, 11) is 0.756. The van der Waals surface area contributed by atoms with E-state index in [9.17, 15) is 13.2 Å². The van der Waals surface area contributed by atoms with Gasteiger partial charge in [-0.1, -0.05) is 11.6 Å². The molecule has 0 spiro atoms. The van der Waals surface area contributed by atoms with Crippen molar-refractivity contribution in [1.29, 1.82) is 0 Å². The van der Waals surface area contributed by atoms with Crippen molar-refractivity contribution in [1.82, 2.24) is 9.03 Å². The van der Waals surface area contributed by atoms with E-state index in [0.717, 1.165) is 4.31 Å². The van der Waals surface area contributed by atoms with Gasteiger partial charge in [0.15, 0.2) is 0 Å². The van der Waals surface area contributed by atoms with E-state index >= 15 is 0 Å². The van der Waals surface area contributed by atoms with Crippen LogP contribution in [-0.2, 0) is 14.9 Å². The molecule has 1 saturated heterocycles. The first kappa shape index (κ1) is 17.8. The summed E-state index contributed by atoms with van der Waals surface area (Å²) in [6.45, 7) is 0.212. The Labute approximate surface area is 140 Å². The lowest BCUT2D eigenvalue weighted by Gasteiger charge is -2.15. The summed E-state index contributed by atoms with van der Waals surface area (Å²) in [5, 5.41) is 0.370. The number of hydrogen-bond donors (Lipinski definition) is 1. The van der Waals surface area contributed by atoms with Gasteiger partial charge in [-0.3, -0.25) is 4.90 Å². The van der Waals surface area contributed by atoms with E-state index in [4.69, 9.17) is 21.1 Å². The monoisotopic (exact) mass is 363 g/mol. The molecule has 0 aliphatic carbocycles. The summed E-state index contributed by atoms with van der Waals surface area (Å²) in [6, 6.07) is 4.92. The minimum absolute atomic E-state index is 0.00730. The Morgan fingerprint density at radius 3 is 2.74 bits per heavy atom. The lowest BCUT2D eigenvalue weighted by atomic mass is 10.2. The van der Waals surface area contributed by atoms with Gasteiger partial charge < -0.3 is 9.47 Å². The SMILES string of the molecule is COc1ccc(N2CC(CNS(=O)(=O)N(C)C)OC2=O)cc1Cl. The lowest BCUT2D eigenvalue weighted by molar-refractivity contribution is 0.143. The molecular weight excluding hydrogens is 346 g/mol. The Bertz CT molecular complexity index is 695. The first-order valence-electron chi connectivity index (χ1n) is 6.73. The number of ether oxygens (including phenoxy) is 2. The zero-order valence-electron chi connectivity index (χ0n) is 12.9. The highest BCUT2D eigenvalue weighted by Crippen LogP contribution is 2.31. The molecule has 0 saturated carbocycles. The molecule has 1 aliphatic heterocycles. The first-order chi connectivity index (χ1) is 10.7. The predicted octanol–water partition coefficient (Wildman–Crippen LogP) is 1.07. The van der Waals surface area contributed by atoms with Gasteiger partial charge >= 0.3 is 6.09 Å². The average molecular weight is 364 g/mol. The number of nitrogens with one attached hydrogen (secondary N) is 1. The molecule has 1 N–H and O–H groups in total. The van der Waals surface area contributed by atoms with Gasteiger partial charge in [0.2, 0.25) is 0 Å². The van der Waals surface area contributed by atoms with E-state index in [1.165, 1.54) is 26.1 Å². The first-order valence-corrected chi connectivity index (χ1v) is 8.55. The van der Waals surface area contributed by atoms with Crippen LogP contribution in [0.15, 0.2) is 18.2 Å². The highest BCUT2D eigenvalue weighted by molar-refractivity contribution is 7.87. The van der Waals surface area contributed by atoms with Gasteiger partial charge in [-0.2, -0.15) is 17.4 Å². The highest BCUT2D eigenvalue weighted by atomic mass is 35.5. The fraction of sp³-hybridized carbons (Fsp3) is 0.462. The van der Waals surface area contributed by atoms with Crippen LogP contribution in [0, 0.1) is 0 Å². The molecule has 2 rings (SSSR count). The second-order valence-electron chi connectivity index (χ2n) is 5.07. The smallest absolute Gasteiger partial charge is 0.414 e. The molecule has 0 radical (unpaired) electrons. The fourth-order valence-corrected chi connectivity index (χ4v) is 2.90. The minimum Gasteiger partial charge on any atom is -0.495 e. The Morgan fingerprint density at radius 2 is 2.17 bits per heavy atom. The summed E-state index contributed by atoms with van der Waals surface area (Å²) in [4.78, 5) is 13.3. The van der Waals surface area contributed by atoms with Crippen molar-refractivity contribution in [2.75, 3.05) is 39.2 Å². The van der Waals surface area contributed by atoms with Crippen LogP contribution >= 0.6 is 11.6 Å². The summed E-state index contributed by atoms with van der Waals surface area (Å²) >= 11 is 6.05. The van der Waals surface area contributed by atoms with Crippen LogP contribution in [0.4, 0.5) is 10.5 Å². The van der Waals surface area contributed by atoms with Crippen LogP contribution in [0.2, 0.25) is 5.02 Å². The number of amides is 1. The number of rotatable bonds is 6. The number of carbonyl (C=O) groups is 1. The van der Waals surface area contributed by atoms with Crippen LogP contribution in [0.1, 0.15) is 0 Å². The van der Waals surface area contributed by atoms with Gasteiger partial charge in [0.25, 0.3) is 10.2 Å². The highest BCUT2D eigenvalue weighted by Gasteiger charge is 2.33. The number of carbonyl (C=O) groups excluding carboxylic acids is 1. The second kappa shape index (κ2) is 6.91. The van der Waals surface area contributed by atoms with Crippen LogP contribution in [-0.4, -0.2) is 59.2 Å². The molecule has 23 heavy (non-hydrogen) atoms.